The van der Waals surface area contributed by atoms with Crippen LogP contribution in [0.4, 0.5) is 0 Å². The number of fused-ring (bicyclic) bond motifs is 5. The van der Waals surface area contributed by atoms with E-state index in [1.807, 2.05) is 35.8 Å². The van der Waals surface area contributed by atoms with E-state index < -0.39 is 0 Å². The number of hydrogen-bond acceptors (Lipinski definition) is 4. The van der Waals surface area contributed by atoms with Crippen LogP contribution in [0.2, 0.25) is 0 Å². The van der Waals surface area contributed by atoms with Crippen LogP contribution < -0.4 is 5.32 Å². The minimum Gasteiger partial charge on any atom is -0.374 e. The molecule has 0 saturated carbocycles. The number of nitrogens with zero attached hydrogens (tertiary/aromatic N) is 1. The minimum absolute atomic E-state index is 0.141. The first-order valence-electron chi connectivity index (χ1n) is 15.5. The zero-order valence-electron chi connectivity index (χ0n) is 25.0. The fourth-order valence-corrected chi connectivity index (χ4v) is 8.85. The van der Waals surface area contributed by atoms with Crippen LogP contribution in [-0.2, 0) is 0 Å². The van der Waals surface area contributed by atoms with Crippen molar-refractivity contribution in [2.45, 2.75) is 34.1 Å². The van der Waals surface area contributed by atoms with Crippen molar-refractivity contribution < 1.29 is 0 Å². The van der Waals surface area contributed by atoms with Gasteiger partial charge in [0.25, 0.3) is 0 Å². The van der Waals surface area contributed by atoms with E-state index in [0.29, 0.717) is 5.92 Å². The van der Waals surface area contributed by atoms with Gasteiger partial charge in [-0.1, -0.05) is 134 Å². The van der Waals surface area contributed by atoms with Crippen LogP contribution in [-0.4, -0.2) is 4.98 Å². The smallest absolute Gasteiger partial charge is 0.0702 e. The number of rotatable bonds is 3. The Kier molecular flexibility index (Phi) is 7.54. The number of hydrogen-bond donors (Lipinski definition) is 1. The summed E-state index contributed by atoms with van der Waals surface area (Å²) >= 11 is 3.77. The molecule has 1 aromatic heterocycles. The Hall–Kier alpha value is -4.51. The average Bonchev–Trinajstić information content (AvgIpc) is 3.10. The standard InChI is InChI=1S/C41H32N2S2/c1-27-11-9-19-38-41(27)33-14-5-6-18-37(33)44-39-25-29(34-15-7-8-24-42-34)20-22-31(39)32-23-21-30(26-40(32)45-38)36-17-10-16-35(43-36)28-12-3-2-4-13-28/h2-10,12-27,35,43H,11H2,1H3. The highest BCUT2D eigenvalue weighted by Gasteiger charge is 2.25. The van der Waals surface area contributed by atoms with Gasteiger partial charge in [-0.05, 0) is 82.1 Å². The lowest BCUT2D eigenvalue weighted by atomic mass is 9.88. The molecule has 1 aliphatic carbocycles. The van der Waals surface area contributed by atoms with Gasteiger partial charge in [0.1, 0.15) is 0 Å². The van der Waals surface area contributed by atoms with Gasteiger partial charge in [-0.15, -0.1) is 0 Å². The molecule has 8 rings (SSSR count). The van der Waals surface area contributed by atoms with Gasteiger partial charge in [0.2, 0.25) is 0 Å². The number of pyridine rings is 1. The highest BCUT2D eigenvalue weighted by Crippen LogP contribution is 2.51. The largest absolute Gasteiger partial charge is 0.374 e. The lowest BCUT2D eigenvalue weighted by Gasteiger charge is -2.27. The van der Waals surface area contributed by atoms with Crippen LogP contribution >= 0.6 is 23.5 Å². The third-order valence-corrected chi connectivity index (χ3v) is 11.0. The van der Waals surface area contributed by atoms with E-state index in [1.54, 1.807) is 0 Å². The molecule has 3 aliphatic rings. The van der Waals surface area contributed by atoms with Crippen molar-refractivity contribution in [3.63, 3.8) is 0 Å². The van der Waals surface area contributed by atoms with Gasteiger partial charge in [-0.3, -0.25) is 4.98 Å². The maximum atomic E-state index is 4.67. The third kappa shape index (κ3) is 5.50. The monoisotopic (exact) mass is 616 g/mol. The van der Waals surface area contributed by atoms with E-state index in [2.05, 4.69) is 151 Å². The van der Waals surface area contributed by atoms with Crippen molar-refractivity contribution in [1.82, 2.24) is 10.3 Å². The van der Waals surface area contributed by atoms with E-state index in [0.717, 1.165) is 23.4 Å². The van der Waals surface area contributed by atoms with Crippen LogP contribution in [0.5, 0.6) is 0 Å². The predicted octanol–water partition coefficient (Wildman–Crippen LogP) is 11.2. The molecule has 2 nitrogen and oxygen atoms in total. The summed E-state index contributed by atoms with van der Waals surface area (Å²) in [5, 5.41) is 3.79. The molecule has 0 saturated heterocycles. The minimum atomic E-state index is 0.141. The first kappa shape index (κ1) is 28.0. The van der Waals surface area contributed by atoms with Crippen molar-refractivity contribution >= 4 is 34.8 Å². The Morgan fingerprint density at radius 3 is 2.31 bits per heavy atom. The Labute approximate surface area is 273 Å². The normalized spacial score (nSPS) is 18.6. The maximum Gasteiger partial charge on any atom is 0.0702 e. The van der Waals surface area contributed by atoms with Crippen LogP contribution in [0.15, 0.2) is 165 Å². The van der Waals surface area contributed by atoms with Gasteiger partial charge >= 0.3 is 0 Å². The van der Waals surface area contributed by atoms with E-state index >= 15 is 0 Å². The number of aromatic nitrogens is 1. The summed E-state index contributed by atoms with van der Waals surface area (Å²) in [6, 6.07) is 39.6. The van der Waals surface area contributed by atoms with Crippen molar-refractivity contribution in [2.75, 3.05) is 0 Å². The number of thioether (sulfide) groups is 1. The lowest BCUT2D eigenvalue weighted by Crippen LogP contribution is -2.20. The Morgan fingerprint density at radius 1 is 0.711 bits per heavy atom. The summed E-state index contributed by atoms with van der Waals surface area (Å²) in [5.74, 6) is 0.434. The van der Waals surface area contributed by atoms with Crippen LogP contribution in [0, 0.1) is 5.92 Å². The average molecular weight is 617 g/mol. The Morgan fingerprint density at radius 2 is 1.47 bits per heavy atom. The van der Waals surface area contributed by atoms with Gasteiger partial charge in [-0.25, -0.2) is 0 Å². The SMILES string of the molecule is CC1CC=CC2=C1c1ccccc1Sc1cc(-c3ccccn3)ccc1-c1ccc(C3=CC=CC(c4ccccc4)N3)cc1S2. The molecule has 0 spiro atoms. The summed E-state index contributed by atoms with van der Waals surface area (Å²) < 4.78 is 0. The first-order valence-corrected chi connectivity index (χ1v) is 17.1. The zero-order valence-corrected chi connectivity index (χ0v) is 26.6. The third-order valence-electron chi connectivity index (χ3n) is 8.70. The molecule has 1 N–H and O–H groups in total. The molecule has 4 heteroatoms. The molecule has 2 aliphatic heterocycles. The Bertz CT molecular complexity index is 2020. The van der Waals surface area contributed by atoms with Crippen LogP contribution in [0.1, 0.15) is 36.1 Å². The summed E-state index contributed by atoms with van der Waals surface area (Å²) in [4.78, 5) is 9.80. The summed E-state index contributed by atoms with van der Waals surface area (Å²) in [6.45, 7) is 2.36. The van der Waals surface area contributed by atoms with Gasteiger partial charge < -0.3 is 5.32 Å². The highest BCUT2D eigenvalue weighted by atomic mass is 32.2. The molecule has 0 fully saturated rings. The predicted molar refractivity (Wildman–Crippen MR) is 191 cm³/mol. The topological polar surface area (TPSA) is 24.9 Å². The van der Waals surface area contributed by atoms with Crippen molar-refractivity contribution in [3.8, 4) is 22.4 Å². The number of benzene rings is 4. The number of dihydropyridines is 1. The fourth-order valence-electron chi connectivity index (χ4n) is 6.41. The molecule has 3 heterocycles. The van der Waals surface area contributed by atoms with Crippen LogP contribution in [0.25, 0.3) is 33.7 Å². The molecular formula is C41H32N2S2. The molecular weight excluding hydrogens is 585 g/mol. The van der Waals surface area contributed by atoms with Gasteiger partial charge in [0.15, 0.2) is 0 Å². The molecule has 218 valence electrons. The molecule has 45 heavy (non-hydrogen) atoms. The van der Waals surface area contributed by atoms with Gasteiger partial charge in [-0.2, -0.15) is 0 Å². The summed E-state index contributed by atoms with van der Waals surface area (Å²) in [5.41, 5.74) is 11.0. The van der Waals surface area contributed by atoms with Crippen molar-refractivity contribution in [3.05, 3.63) is 167 Å². The van der Waals surface area contributed by atoms with E-state index in [4.69, 9.17) is 0 Å². The van der Waals surface area contributed by atoms with E-state index in [1.165, 1.54) is 53.0 Å². The number of allylic oxidation sites excluding steroid dienone is 5. The summed E-state index contributed by atoms with van der Waals surface area (Å²) in [6.07, 6.45) is 14.2. The molecule has 0 bridgehead atoms. The zero-order chi connectivity index (χ0) is 30.2. The second kappa shape index (κ2) is 12.1. The van der Waals surface area contributed by atoms with Crippen LogP contribution in [0.3, 0.4) is 0 Å². The molecule has 2 unspecified atom stereocenters. The quantitative estimate of drug-likeness (QED) is 0.218. The first-order chi connectivity index (χ1) is 22.2. The molecule has 4 aromatic carbocycles. The summed E-state index contributed by atoms with van der Waals surface area (Å²) in [7, 11) is 0. The molecule has 0 amide bonds. The van der Waals surface area contributed by atoms with Gasteiger partial charge in [0.05, 0.1) is 11.7 Å². The fraction of sp³-hybridized carbons (Fsp3) is 0.0976. The van der Waals surface area contributed by atoms with Crippen molar-refractivity contribution in [1.29, 1.82) is 0 Å². The maximum absolute atomic E-state index is 4.67. The number of nitrogens with one attached hydrogen (secondary N) is 1. The van der Waals surface area contributed by atoms with Crippen molar-refractivity contribution in [2.24, 2.45) is 5.92 Å². The molecule has 0 radical (unpaired) electrons. The second-order valence-corrected chi connectivity index (χ2v) is 13.8. The second-order valence-electron chi connectivity index (χ2n) is 11.7. The Balaban J connectivity index is 1.29. The van der Waals surface area contributed by atoms with E-state index in [-0.39, 0.29) is 6.04 Å². The molecule has 2 atom stereocenters. The highest BCUT2D eigenvalue weighted by molar-refractivity contribution is 8.03. The van der Waals surface area contributed by atoms with E-state index in [9.17, 15) is 0 Å². The lowest BCUT2D eigenvalue weighted by molar-refractivity contribution is 0.755. The van der Waals surface area contributed by atoms with Gasteiger partial charge in [0, 0.05) is 37.0 Å². The molecule has 5 aromatic rings.